The van der Waals surface area contributed by atoms with Gasteiger partial charge in [-0.05, 0) is 24.1 Å². The van der Waals surface area contributed by atoms with Crippen molar-refractivity contribution in [2.24, 2.45) is 0 Å². The molecular weight excluding hydrogens is 266 g/mol. The summed E-state index contributed by atoms with van der Waals surface area (Å²) in [5.74, 6) is 1.39. The van der Waals surface area contributed by atoms with Gasteiger partial charge in [0.15, 0.2) is 11.5 Å². The number of methoxy groups -OCH3 is 2. The lowest BCUT2D eigenvalue weighted by Gasteiger charge is -2.10. The SMILES string of the molecule is CCCCCCCNC(=O)Cc1ccc(OC)c(OC)c1. The molecule has 21 heavy (non-hydrogen) atoms. The van der Waals surface area contributed by atoms with Gasteiger partial charge in [-0.15, -0.1) is 0 Å². The van der Waals surface area contributed by atoms with E-state index in [1.54, 1.807) is 14.2 Å². The number of carbonyl (C=O) groups is 1. The normalized spacial score (nSPS) is 10.2. The maximum absolute atomic E-state index is 11.9. The van der Waals surface area contributed by atoms with Crippen LogP contribution in [0.3, 0.4) is 0 Å². The van der Waals surface area contributed by atoms with Crippen LogP contribution in [0.1, 0.15) is 44.6 Å². The molecule has 0 unspecified atom stereocenters. The number of amides is 1. The Hall–Kier alpha value is -1.71. The molecule has 1 rings (SSSR count). The fourth-order valence-electron chi connectivity index (χ4n) is 2.19. The number of carbonyl (C=O) groups excluding carboxylic acids is 1. The first-order chi connectivity index (χ1) is 10.2. The van der Waals surface area contributed by atoms with Gasteiger partial charge in [-0.2, -0.15) is 0 Å². The van der Waals surface area contributed by atoms with E-state index in [2.05, 4.69) is 12.2 Å². The summed E-state index contributed by atoms with van der Waals surface area (Å²) in [5, 5.41) is 2.96. The number of hydrogen-bond donors (Lipinski definition) is 1. The molecule has 0 saturated heterocycles. The molecule has 1 aromatic rings. The Kier molecular flexibility index (Phi) is 8.32. The highest BCUT2D eigenvalue weighted by Crippen LogP contribution is 2.27. The molecule has 0 aliphatic heterocycles. The molecule has 0 bridgehead atoms. The lowest BCUT2D eigenvalue weighted by molar-refractivity contribution is -0.120. The van der Waals surface area contributed by atoms with E-state index in [1.807, 2.05) is 18.2 Å². The van der Waals surface area contributed by atoms with E-state index in [-0.39, 0.29) is 5.91 Å². The van der Waals surface area contributed by atoms with Gasteiger partial charge in [0.05, 0.1) is 20.6 Å². The fraction of sp³-hybridized carbons (Fsp3) is 0.588. The van der Waals surface area contributed by atoms with Crippen molar-refractivity contribution in [3.8, 4) is 11.5 Å². The fourth-order valence-corrected chi connectivity index (χ4v) is 2.19. The second kappa shape index (κ2) is 10.1. The molecule has 118 valence electrons. The Bertz CT molecular complexity index is 432. The van der Waals surface area contributed by atoms with Crippen molar-refractivity contribution in [3.05, 3.63) is 23.8 Å². The van der Waals surface area contributed by atoms with E-state index in [1.165, 1.54) is 25.7 Å². The quantitative estimate of drug-likeness (QED) is 0.673. The molecule has 0 aliphatic carbocycles. The van der Waals surface area contributed by atoms with Crippen LogP contribution in [-0.4, -0.2) is 26.7 Å². The summed E-state index contributed by atoms with van der Waals surface area (Å²) in [6.45, 7) is 2.96. The first kappa shape index (κ1) is 17.3. The van der Waals surface area contributed by atoms with Gasteiger partial charge in [-0.25, -0.2) is 0 Å². The van der Waals surface area contributed by atoms with Crippen molar-refractivity contribution in [2.45, 2.75) is 45.4 Å². The van der Waals surface area contributed by atoms with Crippen LogP contribution in [0.25, 0.3) is 0 Å². The molecule has 1 N–H and O–H groups in total. The van der Waals surface area contributed by atoms with Crippen LogP contribution in [0, 0.1) is 0 Å². The zero-order chi connectivity index (χ0) is 15.5. The van der Waals surface area contributed by atoms with Gasteiger partial charge < -0.3 is 14.8 Å². The zero-order valence-corrected chi connectivity index (χ0v) is 13.4. The number of hydrogen-bond acceptors (Lipinski definition) is 3. The summed E-state index contributed by atoms with van der Waals surface area (Å²) in [5.41, 5.74) is 0.927. The molecule has 0 aromatic heterocycles. The maximum atomic E-state index is 11.9. The van der Waals surface area contributed by atoms with Crippen LogP contribution in [-0.2, 0) is 11.2 Å². The van der Waals surface area contributed by atoms with Crippen LogP contribution < -0.4 is 14.8 Å². The van der Waals surface area contributed by atoms with Crippen LogP contribution in [0.5, 0.6) is 11.5 Å². The van der Waals surface area contributed by atoms with E-state index >= 15 is 0 Å². The average molecular weight is 293 g/mol. The molecule has 4 heteroatoms. The van der Waals surface area contributed by atoms with Gasteiger partial charge in [0.1, 0.15) is 0 Å². The van der Waals surface area contributed by atoms with Gasteiger partial charge in [-0.3, -0.25) is 4.79 Å². The molecule has 1 amide bonds. The Morgan fingerprint density at radius 1 is 1.05 bits per heavy atom. The van der Waals surface area contributed by atoms with E-state index in [9.17, 15) is 4.79 Å². The second-order valence-corrected chi connectivity index (χ2v) is 5.13. The van der Waals surface area contributed by atoms with E-state index < -0.39 is 0 Å². The standard InChI is InChI=1S/C17H27NO3/c1-4-5-6-7-8-11-18-17(19)13-14-9-10-15(20-2)16(12-14)21-3/h9-10,12H,4-8,11,13H2,1-3H3,(H,18,19). The molecule has 0 fully saturated rings. The molecule has 0 aliphatic rings. The smallest absolute Gasteiger partial charge is 0.224 e. The molecule has 0 radical (unpaired) electrons. The molecule has 1 aromatic carbocycles. The zero-order valence-electron chi connectivity index (χ0n) is 13.4. The topological polar surface area (TPSA) is 47.6 Å². The summed E-state index contributed by atoms with van der Waals surface area (Å²) in [6, 6.07) is 5.56. The second-order valence-electron chi connectivity index (χ2n) is 5.13. The Morgan fingerprint density at radius 2 is 1.76 bits per heavy atom. The van der Waals surface area contributed by atoms with E-state index in [0.29, 0.717) is 17.9 Å². The minimum Gasteiger partial charge on any atom is -0.493 e. The molecule has 4 nitrogen and oxygen atoms in total. The highest BCUT2D eigenvalue weighted by atomic mass is 16.5. The Labute approximate surface area is 127 Å². The lowest BCUT2D eigenvalue weighted by Crippen LogP contribution is -2.26. The van der Waals surface area contributed by atoms with Crippen molar-refractivity contribution in [1.29, 1.82) is 0 Å². The number of benzene rings is 1. The maximum Gasteiger partial charge on any atom is 0.224 e. The minimum absolute atomic E-state index is 0.0534. The first-order valence-electron chi connectivity index (χ1n) is 7.68. The Morgan fingerprint density at radius 3 is 2.43 bits per heavy atom. The third-order valence-electron chi connectivity index (χ3n) is 3.42. The third-order valence-corrected chi connectivity index (χ3v) is 3.42. The summed E-state index contributed by atoms with van der Waals surface area (Å²) < 4.78 is 10.4. The monoisotopic (exact) mass is 293 g/mol. The van der Waals surface area contributed by atoms with Crippen LogP contribution in [0.2, 0.25) is 0 Å². The van der Waals surface area contributed by atoms with Crippen molar-refractivity contribution in [2.75, 3.05) is 20.8 Å². The summed E-state index contributed by atoms with van der Waals surface area (Å²) in [4.78, 5) is 11.9. The van der Waals surface area contributed by atoms with Crippen LogP contribution in [0.4, 0.5) is 0 Å². The summed E-state index contributed by atoms with van der Waals surface area (Å²) in [6.07, 6.45) is 6.38. The van der Waals surface area contributed by atoms with Crippen molar-refractivity contribution >= 4 is 5.91 Å². The Balaban J connectivity index is 2.34. The predicted molar refractivity (Wildman–Crippen MR) is 85.0 cm³/mol. The molecule has 0 heterocycles. The van der Waals surface area contributed by atoms with Gasteiger partial charge in [0.2, 0.25) is 5.91 Å². The van der Waals surface area contributed by atoms with Crippen molar-refractivity contribution in [1.82, 2.24) is 5.32 Å². The summed E-state index contributed by atoms with van der Waals surface area (Å²) >= 11 is 0. The highest BCUT2D eigenvalue weighted by Gasteiger charge is 2.07. The molecular formula is C17H27NO3. The number of rotatable bonds is 10. The minimum atomic E-state index is 0.0534. The van der Waals surface area contributed by atoms with Crippen LogP contribution in [0.15, 0.2) is 18.2 Å². The molecule has 0 atom stereocenters. The van der Waals surface area contributed by atoms with Gasteiger partial charge >= 0.3 is 0 Å². The van der Waals surface area contributed by atoms with E-state index in [4.69, 9.17) is 9.47 Å². The molecule has 0 spiro atoms. The number of unbranched alkanes of at least 4 members (excludes halogenated alkanes) is 4. The highest BCUT2D eigenvalue weighted by molar-refractivity contribution is 5.78. The largest absolute Gasteiger partial charge is 0.493 e. The lowest BCUT2D eigenvalue weighted by atomic mass is 10.1. The number of ether oxygens (including phenoxy) is 2. The number of nitrogens with one attached hydrogen (secondary N) is 1. The van der Waals surface area contributed by atoms with Crippen LogP contribution >= 0.6 is 0 Å². The van der Waals surface area contributed by atoms with Crippen molar-refractivity contribution in [3.63, 3.8) is 0 Å². The van der Waals surface area contributed by atoms with Gasteiger partial charge in [-0.1, -0.05) is 38.7 Å². The molecule has 0 saturated carbocycles. The van der Waals surface area contributed by atoms with Gasteiger partial charge in [0, 0.05) is 6.54 Å². The van der Waals surface area contributed by atoms with Crippen molar-refractivity contribution < 1.29 is 14.3 Å². The van der Waals surface area contributed by atoms with E-state index in [0.717, 1.165) is 18.5 Å². The third kappa shape index (κ3) is 6.52. The summed E-state index contributed by atoms with van der Waals surface area (Å²) in [7, 11) is 3.20. The predicted octanol–water partition coefficient (Wildman–Crippen LogP) is 3.33. The van der Waals surface area contributed by atoms with Gasteiger partial charge in [0.25, 0.3) is 0 Å². The first-order valence-corrected chi connectivity index (χ1v) is 7.68. The average Bonchev–Trinajstić information content (AvgIpc) is 2.50.